The predicted molar refractivity (Wildman–Crippen MR) is 114 cm³/mol. The maximum Gasteiger partial charge on any atom is 0.319 e. The number of pyridine rings is 1. The standard InChI is InChI=1S/C22H26N4O4/c1-15-7-9-19(20(12-15)28-4)30-21-10-8-16(13-23-21)25-22(27)24-14-17(26(2)3)18-6-5-11-29-18/h5-13,17H,14H2,1-4H3,(H2,24,25,27)/t17-/m1/s1. The second-order valence-electron chi connectivity index (χ2n) is 6.97. The number of carbonyl (C=O) groups excluding carboxylic acids is 1. The fraction of sp³-hybridized carbons (Fsp3) is 0.273. The Morgan fingerprint density at radius 3 is 2.67 bits per heavy atom. The van der Waals surface area contributed by atoms with Crippen LogP contribution < -0.4 is 20.1 Å². The SMILES string of the molecule is COc1cc(C)ccc1Oc1ccc(NC(=O)NC[C@H](c2ccco2)N(C)C)cn1. The van der Waals surface area contributed by atoms with E-state index in [0.717, 1.165) is 11.3 Å². The summed E-state index contributed by atoms with van der Waals surface area (Å²) in [4.78, 5) is 18.5. The van der Waals surface area contributed by atoms with E-state index < -0.39 is 0 Å². The molecule has 1 aromatic carbocycles. The molecule has 0 aliphatic rings. The molecule has 3 rings (SSSR count). The first-order valence-corrected chi connectivity index (χ1v) is 9.49. The number of furan rings is 1. The zero-order valence-electron chi connectivity index (χ0n) is 17.5. The number of benzene rings is 1. The minimum absolute atomic E-state index is 0.0656. The Labute approximate surface area is 175 Å². The van der Waals surface area contributed by atoms with E-state index >= 15 is 0 Å². The number of rotatable bonds is 8. The lowest BCUT2D eigenvalue weighted by Gasteiger charge is -2.22. The molecule has 0 unspecified atom stereocenters. The van der Waals surface area contributed by atoms with Crippen LogP contribution in [0.25, 0.3) is 0 Å². The third kappa shape index (κ3) is 5.51. The molecule has 3 aromatic rings. The van der Waals surface area contributed by atoms with E-state index in [0.29, 0.717) is 29.6 Å². The van der Waals surface area contributed by atoms with Crippen molar-refractivity contribution in [3.05, 3.63) is 66.2 Å². The second kappa shape index (κ2) is 9.80. The minimum atomic E-state index is -0.330. The molecule has 2 aromatic heterocycles. The Morgan fingerprint density at radius 1 is 1.20 bits per heavy atom. The summed E-state index contributed by atoms with van der Waals surface area (Å²) in [6.07, 6.45) is 3.15. The molecular formula is C22H26N4O4. The summed E-state index contributed by atoms with van der Waals surface area (Å²) in [5.41, 5.74) is 1.62. The van der Waals surface area contributed by atoms with E-state index in [1.165, 1.54) is 6.20 Å². The number of nitrogens with zero attached hydrogens (tertiary/aromatic N) is 2. The van der Waals surface area contributed by atoms with Crippen LogP contribution in [0.3, 0.4) is 0 Å². The topological polar surface area (TPSA) is 88.9 Å². The van der Waals surface area contributed by atoms with Gasteiger partial charge in [0.05, 0.1) is 31.3 Å². The summed E-state index contributed by atoms with van der Waals surface area (Å²) in [5.74, 6) is 2.38. The summed E-state index contributed by atoms with van der Waals surface area (Å²) in [7, 11) is 5.45. The van der Waals surface area contributed by atoms with Gasteiger partial charge in [0.2, 0.25) is 5.88 Å². The molecule has 158 valence electrons. The van der Waals surface area contributed by atoms with Crippen molar-refractivity contribution in [1.29, 1.82) is 0 Å². The number of aryl methyl sites for hydroxylation is 1. The third-order valence-electron chi connectivity index (χ3n) is 4.48. The van der Waals surface area contributed by atoms with Gasteiger partial charge >= 0.3 is 6.03 Å². The van der Waals surface area contributed by atoms with Crippen LogP contribution in [0.1, 0.15) is 17.4 Å². The van der Waals surface area contributed by atoms with Gasteiger partial charge in [0.25, 0.3) is 0 Å². The lowest BCUT2D eigenvalue weighted by molar-refractivity contribution is 0.233. The van der Waals surface area contributed by atoms with Crippen molar-refractivity contribution in [2.24, 2.45) is 0 Å². The molecule has 0 radical (unpaired) electrons. The molecule has 0 aliphatic heterocycles. The van der Waals surface area contributed by atoms with Crippen molar-refractivity contribution in [3.63, 3.8) is 0 Å². The zero-order valence-corrected chi connectivity index (χ0v) is 17.5. The lowest BCUT2D eigenvalue weighted by atomic mass is 10.2. The van der Waals surface area contributed by atoms with Crippen LogP contribution in [0.5, 0.6) is 17.4 Å². The van der Waals surface area contributed by atoms with Crippen LogP contribution in [0.15, 0.2) is 59.3 Å². The molecule has 0 bridgehead atoms. The molecule has 2 heterocycles. The molecule has 0 saturated carbocycles. The van der Waals surface area contributed by atoms with Gasteiger partial charge < -0.3 is 24.5 Å². The van der Waals surface area contributed by atoms with E-state index in [1.807, 2.05) is 56.3 Å². The number of methoxy groups -OCH3 is 1. The van der Waals surface area contributed by atoms with Crippen molar-refractivity contribution in [2.75, 3.05) is 33.1 Å². The quantitative estimate of drug-likeness (QED) is 0.578. The molecule has 0 fully saturated rings. The normalized spacial score (nSPS) is 11.8. The Kier molecular flexibility index (Phi) is 6.92. The number of carbonyl (C=O) groups is 1. The number of aromatic nitrogens is 1. The molecule has 0 saturated heterocycles. The van der Waals surface area contributed by atoms with Crippen molar-refractivity contribution in [1.82, 2.24) is 15.2 Å². The van der Waals surface area contributed by atoms with E-state index in [2.05, 4.69) is 15.6 Å². The summed E-state index contributed by atoms with van der Waals surface area (Å²) in [6.45, 7) is 2.37. The summed E-state index contributed by atoms with van der Waals surface area (Å²) in [5, 5.41) is 5.61. The first-order valence-electron chi connectivity index (χ1n) is 9.49. The molecule has 0 spiro atoms. The first-order chi connectivity index (χ1) is 14.5. The van der Waals surface area contributed by atoms with Crippen LogP contribution in [0, 0.1) is 6.92 Å². The minimum Gasteiger partial charge on any atom is -0.493 e. The van der Waals surface area contributed by atoms with E-state index in [1.54, 1.807) is 25.5 Å². The van der Waals surface area contributed by atoms with Gasteiger partial charge in [0, 0.05) is 12.6 Å². The highest BCUT2D eigenvalue weighted by molar-refractivity contribution is 5.89. The highest BCUT2D eigenvalue weighted by atomic mass is 16.5. The Balaban J connectivity index is 1.55. The number of hydrogen-bond acceptors (Lipinski definition) is 6. The smallest absolute Gasteiger partial charge is 0.319 e. The van der Waals surface area contributed by atoms with Crippen LogP contribution >= 0.6 is 0 Å². The lowest BCUT2D eigenvalue weighted by Crippen LogP contribution is -2.36. The van der Waals surface area contributed by atoms with Crippen LogP contribution in [0.4, 0.5) is 10.5 Å². The summed E-state index contributed by atoms with van der Waals surface area (Å²) < 4.78 is 16.6. The first kappa shape index (κ1) is 21.2. The van der Waals surface area contributed by atoms with Crippen LogP contribution in [-0.2, 0) is 0 Å². The molecule has 2 amide bonds. The van der Waals surface area contributed by atoms with Gasteiger partial charge in [0.1, 0.15) is 5.76 Å². The van der Waals surface area contributed by atoms with Crippen LogP contribution in [0.2, 0.25) is 0 Å². The average Bonchev–Trinajstić information content (AvgIpc) is 3.25. The second-order valence-corrected chi connectivity index (χ2v) is 6.97. The Morgan fingerprint density at radius 2 is 2.03 bits per heavy atom. The third-order valence-corrected chi connectivity index (χ3v) is 4.48. The summed E-state index contributed by atoms with van der Waals surface area (Å²) >= 11 is 0. The molecule has 8 nitrogen and oxygen atoms in total. The molecule has 1 atom stereocenters. The average molecular weight is 410 g/mol. The van der Waals surface area contributed by atoms with Gasteiger partial charge in [0.15, 0.2) is 11.5 Å². The van der Waals surface area contributed by atoms with Crippen LogP contribution in [-0.4, -0.2) is 43.7 Å². The van der Waals surface area contributed by atoms with Gasteiger partial charge in [-0.15, -0.1) is 0 Å². The maximum absolute atomic E-state index is 12.3. The largest absolute Gasteiger partial charge is 0.493 e. The Bertz CT molecular complexity index is 956. The molecule has 30 heavy (non-hydrogen) atoms. The highest BCUT2D eigenvalue weighted by Crippen LogP contribution is 2.31. The fourth-order valence-corrected chi connectivity index (χ4v) is 2.87. The number of nitrogens with one attached hydrogen (secondary N) is 2. The number of amides is 2. The van der Waals surface area contributed by atoms with E-state index in [9.17, 15) is 4.79 Å². The fourth-order valence-electron chi connectivity index (χ4n) is 2.87. The van der Waals surface area contributed by atoms with Gasteiger partial charge in [-0.3, -0.25) is 4.90 Å². The van der Waals surface area contributed by atoms with Gasteiger partial charge in [-0.2, -0.15) is 0 Å². The summed E-state index contributed by atoms with van der Waals surface area (Å²) in [6, 6.07) is 12.4. The zero-order chi connectivity index (χ0) is 21.5. The van der Waals surface area contributed by atoms with Crippen molar-refractivity contribution in [3.8, 4) is 17.4 Å². The van der Waals surface area contributed by atoms with E-state index in [4.69, 9.17) is 13.9 Å². The van der Waals surface area contributed by atoms with E-state index in [-0.39, 0.29) is 12.1 Å². The van der Waals surface area contributed by atoms with Gasteiger partial charge in [-0.05, 0) is 56.9 Å². The van der Waals surface area contributed by atoms with Gasteiger partial charge in [-0.25, -0.2) is 9.78 Å². The number of anilines is 1. The number of urea groups is 1. The molecule has 0 aliphatic carbocycles. The number of ether oxygens (including phenoxy) is 2. The molecule has 2 N–H and O–H groups in total. The molecular weight excluding hydrogens is 384 g/mol. The predicted octanol–water partition coefficient (Wildman–Crippen LogP) is 4.21. The van der Waals surface area contributed by atoms with Crippen molar-refractivity contribution in [2.45, 2.75) is 13.0 Å². The highest BCUT2D eigenvalue weighted by Gasteiger charge is 2.18. The number of likely N-dealkylation sites (N-methyl/N-ethyl adjacent to an activating group) is 1. The van der Waals surface area contributed by atoms with Crippen molar-refractivity contribution >= 4 is 11.7 Å². The molecule has 8 heteroatoms. The van der Waals surface area contributed by atoms with Gasteiger partial charge in [-0.1, -0.05) is 6.07 Å². The maximum atomic E-state index is 12.3. The monoisotopic (exact) mass is 410 g/mol. The Hall–Kier alpha value is -3.52. The van der Waals surface area contributed by atoms with Crippen molar-refractivity contribution < 1.29 is 18.7 Å². The number of hydrogen-bond donors (Lipinski definition) is 2.